The third-order valence-electron chi connectivity index (χ3n) is 2.43. The number of aryl methyl sites for hydroxylation is 1. The van der Waals surface area contributed by atoms with Crippen LogP contribution in [0.2, 0.25) is 0 Å². The second-order valence-electron chi connectivity index (χ2n) is 3.92. The fourth-order valence-corrected chi connectivity index (χ4v) is 4.03. The molecule has 2 aromatic rings. The number of halogens is 3. The zero-order chi connectivity index (χ0) is 13.1. The molecule has 0 radical (unpaired) electrons. The Bertz CT molecular complexity index is 530. The van der Waals surface area contributed by atoms with Crippen molar-refractivity contribution in [2.24, 2.45) is 0 Å². The van der Waals surface area contributed by atoms with Gasteiger partial charge in [0.15, 0.2) is 0 Å². The summed E-state index contributed by atoms with van der Waals surface area (Å²) in [7, 11) is 0. The van der Waals surface area contributed by atoms with Gasteiger partial charge in [0.05, 0.1) is 17.9 Å². The van der Waals surface area contributed by atoms with Gasteiger partial charge in [-0.05, 0) is 62.5 Å². The molecule has 5 heteroatoms. The van der Waals surface area contributed by atoms with Gasteiger partial charge in [0, 0.05) is 19.6 Å². The van der Waals surface area contributed by atoms with Crippen LogP contribution in [-0.4, -0.2) is 4.98 Å². The number of hydrogen-bond acceptors (Lipinski definition) is 2. The summed E-state index contributed by atoms with van der Waals surface area (Å²) in [5.41, 5.74) is 3.22. The smallest absolute Gasteiger partial charge is 0.0633 e. The summed E-state index contributed by atoms with van der Waals surface area (Å²) in [6.07, 6.45) is 1.88. The van der Waals surface area contributed by atoms with Crippen LogP contribution in [0.25, 0.3) is 0 Å². The van der Waals surface area contributed by atoms with Crippen LogP contribution in [0.15, 0.2) is 43.9 Å². The lowest BCUT2D eigenvalue weighted by molar-refractivity contribution is 1.03. The van der Waals surface area contributed by atoms with E-state index in [9.17, 15) is 0 Å². The van der Waals surface area contributed by atoms with Crippen molar-refractivity contribution in [3.63, 3.8) is 0 Å². The first-order chi connectivity index (χ1) is 8.56. The standard InChI is InChI=1S/C13H11Br3N2/c1-8-2-3-10(17-6-8)7-18-13-11(15)4-9(14)5-12(13)16/h2-6,18H,7H2,1H3. The topological polar surface area (TPSA) is 24.9 Å². The lowest BCUT2D eigenvalue weighted by Crippen LogP contribution is -2.02. The zero-order valence-electron chi connectivity index (χ0n) is 9.67. The SMILES string of the molecule is Cc1ccc(CNc2c(Br)cc(Br)cc2Br)nc1. The van der Waals surface area contributed by atoms with Crippen molar-refractivity contribution in [3.8, 4) is 0 Å². The molecular weight excluding hydrogens is 424 g/mol. The summed E-state index contributed by atoms with van der Waals surface area (Å²) >= 11 is 10.5. The monoisotopic (exact) mass is 432 g/mol. The van der Waals surface area contributed by atoms with E-state index in [1.807, 2.05) is 31.3 Å². The third kappa shape index (κ3) is 3.56. The van der Waals surface area contributed by atoms with Crippen LogP contribution in [0, 0.1) is 6.92 Å². The van der Waals surface area contributed by atoms with Gasteiger partial charge >= 0.3 is 0 Å². The van der Waals surface area contributed by atoms with Gasteiger partial charge in [-0.15, -0.1) is 0 Å². The number of benzene rings is 1. The molecule has 0 spiro atoms. The molecular formula is C13H11Br3N2. The molecule has 0 aliphatic heterocycles. The average molecular weight is 435 g/mol. The number of aromatic nitrogens is 1. The predicted molar refractivity (Wildman–Crippen MR) is 85.8 cm³/mol. The number of nitrogens with zero attached hydrogens (tertiary/aromatic N) is 1. The molecule has 1 aromatic carbocycles. The van der Waals surface area contributed by atoms with Crippen molar-refractivity contribution in [1.29, 1.82) is 0 Å². The van der Waals surface area contributed by atoms with Gasteiger partial charge in [0.2, 0.25) is 0 Å². The van der Waals surface area contributed by atoms with Crippen molar-refractivity contribution in [2.45, 2.75) is 13.5 Å². The quantitative estimate of drug-likeness (QED) is 0.710. The first kappa shape index (κ1) is 14.0. The second kappa shape index (κ2) is 6.17. The number of nitrogens with one attached hydrogen (secondary N) is 1. The molecule has 1 heterocycles. The van der Waals surface area contributed by atoms with Crippen LogP contribution < -0.4 is 5.32 Å². The summed E-state index contributed by atoms with van der Waals surface area (Å²) in [6, 6.07) is 8.12. The molecule has 0 amide bonds. The van der Waals surface area contributed by atoms with E-state index >= 15 is 0 Å². The van der Waals surface area contributed by atoms with Gasteiger partial charge in [-0.3, -0.25) is 4.98 Å². The van der Waals surface area contributed by atoms with E-state index in [1.165, 1.54) is 5.56 Å². The van der Waals surface area contributed by atoms with Crippen molar-refractivity contribution < 1.29 is 0 Å². The number of pyridine rings is 1. The van der Waals surface area contributed by atoms with E-state index in [0.29, 0.717) is 6.54 Å². The van der Waals surface area contributed by atoms with Crippen LogP contribution in [0.1, 0.15) is 11.3 Å². The van der Waals surface area contributed by atoms with Crippen molar-refractivity contribution in [3.05, 3.63) is 55.1 Å². The number of hydrogen-bond donors (Lipinski definition) is 1. The van der Waals surface area contributed by atoms with Crippen LogP contribution in [0.3, 0.4) is 0 Å². The Kier molecular flexibility index (Phi) is 4.81. The normalized spacial score (nSPS) is 10.4. The maximum absolute atomic E-state index is 4.37. The van der Waals surface area contributed by atoms with Crippen LogP contribution in [-0.2, 0) is 6.54 Å². The molecule has 1 N–H and O–H groups in total. The number of anilines is 1. The molecule has 2 nitrogen and oxygen atoms in total. The average Bonchev–Trinajstić information content (AvgIpc) is 2.30. The Morgan fingerprint density at radius 1 is 1.11 bits per heavy atom. The molecule has 0 unspecified atom stereocenters. The first-order valence-electron chi connectivity index (χ1n) is 5.36. The Morgan fingerprint density at radius 3 is 2.33 bits per heavy atom. The highest BCUT2D eigenvalue weighted by atomic mass is 79.9. The summed E-state index contributed by atoms with van der Waals surface area (Å²) < 4.78 is 3.05. The molecule has 0 saturated carbocycles. The highest BCUT2D eigenvalue weighted by Crippen LogP contribution is 2.34. The molecule has 0 aliphatic rings. The lowest BCUT2D eigenvalue weighted by Gasteiger charge is -2.11. The minimum absolute atomic E-state index is 0.694. The molecule has 18 heavy (non-hydrogen) atoms. The zero-order valence-corrected chi connectivity index (χ0v) is 14.4. The van der Waals surface area contributed by atoms with Gasteiger partial charge < -0.3 is 5.32 Å². The van der Waals surface area contributed by atoms with Gasteiger partial charge in [0.1, 0.15) is 0 Å². The van der Waals surface area contributed by atoms with E-state index in [4.69, 9.17) is 0 Å². The van der Waals surface area contributed by atoms with Gasteiger partial charge in [-0.1, -0.05) is 22.0 Å². The maximum atomic E-state index is 4.37. The minimum Gasteiger partial charge on any atom is -0.378 e. The van der Waals surface area contributed by atoms with E-state index in [1.54, 1.807) is 0 Å². The number of rotatable bonds is 3. The summed E-state index contributed by atoms with van der Waals surface area (Å²) in [5.74, 6) is 0. The summed E-state index contributed by atoms with van der Waals surface area (Å²) in [6.45, 7) is 2.73. The molecule has 1 aromatic heterocycles. The summed E-state index contributed by atoms with van der Waals surface area (Å²) in [5, 5.41) is 3.37. The van der Waals surface area contributed by atoms with Crippen molar-refractivity contribution in [1.82, 2.24) is 4.98 Å². The lowest BCUT2D eigenvalue weighted by atomic mass is 10.2. The van der Waals surface area contributed by atoms with Crippen LogP contribution in [0.4, 0.5) is 5.69 Å². The highest BCUT2D eigenvalue weighted by molar-refractivity contribution is 9.11. The molecule has 0 aliphatic carbocycles. The molecule has 0 atom stereocenters. The van der Waals surface area contributed by atoms with Crippen LogP contribution >= 0.6 is 47.8 Å². The van der Waals surface area contributed by atoms with E-state index in [-0.39, 0.29) is 0 Å². The Hall–Kier alpha value is -0.390. The maximum Gasteiger partial charge on any atom is 0.0633 e. The second-order valence-corrected chi connectivity index (χ2v) is 6.55. The Balaban J connectivity index is 2.13. The highest BCUT2D eigenvalue weighted by Gasteiger charge is 2.06. The van der Waals surface area contributed by atoms with Gasteiger partial charge in [-0.2, -0.15) is 0 Å². The largest absolute Gasteiger partial charge is 0.378 e. The van der Waals surface area contributed by atoms with E-state index < -0.39 is 0 Å². The molecule has 0 bridgehead atoms. The first-order valence-corrected chi connectivity index (χ1v) is 7.74. The minimum atomic E-state index is 0.694. The Morgan fingerprint density at radius 2 is 1.78 bits per heavy atom. The Labute approximate surface area is 132 Å². The van der Waals surface area contributed by atoms with Crippen molar-refractivity contribution in [2.75, 3.05) is 5.32 Å². The van der Waals surface area contributed by atoms with Gasteiger partial charge in [0.25, 0.3) is 0 Å². The molecule has 0 fully saturated rings. The fourth-order valence-electron chi connectivity index (χ4n) is 1.49. The molecule has 94 valence electrons. The van der Waals surface area contributed by atoms with E-state index in [2.05, 4.69) is 64.2 Å². The third-order valence-corrected chi connectivity index (χ3v) is 4.13. The van der Waals surface area contributed by atoms with Crippen LogP contribution in [0.5, 0.6) is 0 Å². The van der Waals surface area contributed by atoms with E-state index in [0.717, 1.165) is 24.8 Å². The van der Waals surface area contributed by atoms with Crippen molar-refractivity contribution >= 4 is 53.5 Å². The predicted octanol–water partition coefficient (Wildman–Crippen LogP) is 5.29. The van der Waals surface area contributed by atoms with Gasteiger partial charge in [-0.25, -0.2) is 0 Å². The fraction of sp³-hybridized carbons (Fsp3) is 0.154. The molecule has 0 saturated heterocycles. The molecule has 2 rings (SSSR count). The summed E-state index contributed by atoms with van der Waals surface area (Å²) in [4.78, 5) is 4.37.